The van der Waals surface area contributed by atoms with Crippen molar-refractivity contribution in [3.05, 3.63) is 24.5 Å². The summed E-state index contributed by atoms with van der Waals surface area (Å²) in [5.74, 6) is 0. The Morgan fingerprint density at radius 2 is 2.23 bits per heavy atom. The zero-order valence-electron chi connectivity index (χ0n) is 6.32. The molecule has 0 saturated carbocycles. The second kappa shape index (κ2) is 2.51. The number of hydrogen-bond donors (Lipinski definition) is 1. The van der Waals surface area contributed by atoms with E-state index >= 15 is 0 Å². The van der Waals surface area contributed by atoms with E-state index in [1.165, 1.54) is 6.20 Å². The van der Waals surface area contributed by atoms with Crippen LogP contribution in [0.1, 0.15) is 0 Å². The summed E-state index contributed by atoms with van der Waals surface area (Å²) in [6.07, 6.45) is 2.46. The number of fused-ring (bicyclic) bond motifs is 1. The summed E-state index contributed by atoms with van der Waals surface area (Å²) in [5.41, 5.74) is 0.370. The van der Waals surface area contributed by atoms with Crippen LogP contribution in [0.3, 0.4) is 0 Å². The fourth-order valence-electron chi connectivity index (χ4n) is 0.983. The van der Waals surface area contributed by atoms with Crippen LogP contribution in [0.15, 0.2) is 29.6 Å². The van der Waals surface area contributed by atoms with Crippen LogP contribution in [0.4, 0.5) is 0 Å². The first-order valence-corrected chi connectivity index (χ1v) is 4.79. The molecule has 0 aromatic carbocycles. The lowest BCUT2D eigenvalue weighted by atomic mass is 10.6. The molecule has 68 valence electrons. The second-order valence-electron chi connectivity index (χ2n) is 2.37. The molecule has 0 unspecified atom stereocenters. The third-order valence-electron chi connectivity index (χ3n) is 1.51. The van der Waals surface area contributed by atoms with Crippen molar-refractivity contribution in [3.8, 4) is 0 Å². The summed E-state index contributed by atoms with van der Waals surface area (Å²) >= 11 is 0. The molecule has 0 amide bonds. The van der Waals surface area contributed by atoms with Crippen LogP contribution in [0.2, 0.25) is 0 Å². The highest BCUT2D eigenvalue weighted by molar-refractivity contribution is 7.85. The maximum atomic E-state index is 10.8. The molecule has 2 aromatic heterocycles. The molecule has 2 heterocycles. The van der Waals surface area contributed by atoms with Crippen molar-refractivity contribution in [2.75, 3.05) is 0 Å². The van der Waals surface area contributed by atoms with E-state index in [1.54, 1.807) is 12.1 Å². The van der Waals surface area contributed by atoms with Gasteiger partial charge in [0.2, 0.25) is 5.03 Å². The Bertz CT molecular complexity index is 545. The van der Waals surface area contributed by atoms with Gasteiger partial charge in [-0.25, -0.2) is 4.98 Å². The predicted octanol–water partition coefficient (Wildman–Crippen LogP) is -0.0240. The Labute approximate surface area is 73.6 Å². The molecule has 2 aromatic rings. The first-order valence-electron chi connectivity index (χ1n) is 3.35. The van der Waals surface area contributed by atoms with Crippen molar-refractivity contribution >= 4 is 15.8 Å². The summed E-state index contributed by atoms with van der Waals surface area (Å²) in [6, 6.07) is 3.21. The molecule has 13 heavy (non-hydrogen) atoms. The van der Waals surface area contributed by atoms with Gasteiger partial charge >= 0.3 is 10.1 Å². The lowest BCUT2D eigenvalue weighted by molar-refractivity contribution is 0.476. The van der Waals surface area contributed by atoms with Gasteiger partial charge in [-0.1, -0.05) is 0 Å². The molecule has 2 rings (SSSR count). The third-order valence-corrected chi connectivity index (χ3v) is 2.32. The summed E-state index contributed by atoms with van der Waals surface area (Å²) in [4.78, 5) is 3.75. The first kappa shape index (κ1) is 8.14. The van der Waals surface area contributed by atoms with E-state index in [-0.39, 0.29) is 5.03 Å². The number of rotatable bonds is 1. The molecule has 0 bridgehead atoms. The number of aromatic nitrogens is 3. The second-order valence-corrected chi connectivity index (χ2v) is 3.73. The average molecular weight is 199 g/mol. The maximum Gasteiger partial charge on any atom is 0.313 e. The molecule has 0 spiro atoms. The number of hydrogen-bond acceptors (Lipinski definition) is 4. The fourth-order valence-corrected chi connectivity index (χ4v) is 1.53. The average Bonchev–Trinajstić information content (AvgIpc) is 2.45. The minimum Gasteiger partial charge on any atom is -0.281 e. The lowest BCUT2D eigenvalue weighted by Crippen LogP contribution is -2.04. The normalized spacial score (nSPS) is 12.1. The van der Waals surface area contributed by atoms with Gasteiger partial charge in [0.15, 0.2) is 5.65 Å². The Morgan fingerprint density at radius 1 is 1.46 bits per heavy atom. The molecular weight excluding hydrogens is 194 g/mol. The highest BCUT2D eigenvalue weighted by Gasteiger charge is 2.15. The first-order chi connectivity index (χ1) is 6.09. The molecule has 0 aliphatic heterocycles. The smallest absolute Gasteiger partial charge is 0.281 e. The molecule has 0 fully saturated rings. The molecular formula is C6H5N3O3S. The van der Waals surface area contributed by atoms with Crippen molar-refractivity contribution in [3.63, 3.8) is 0 Å². The van der Waals surface area contributed by atoms with Crippen LogP contribution < -0.4 is 0 Å². The van der Waals surface area contributed by atoms with E-state index in [2.05, 4.69) is 10.1 Å². The highest BCUT2D eigenvalue weighted by Crippen LogP contribution is 2.08. The Kier molecular flexibility index (Phi) is 1.57. The van der Waals surface area contributed by atoms with Gasteiger partial charge in [-0.05, 0) is 12.1 Å². The molecule has 7 heteroatoms. The SMILES string of the molecule is O=S(=O)(O)c1cnc2cccnn12. The fraction of sp³-hybridized carbons (Fsp3) is 0. The molecule has 0 aliphatic carbocycles. The Hall–Kier alpha value is -1.47. The van der Waals surface area contributed by atoms with Crippen LogP contribution in [0, 0.1) is 0 Å². The third kappa shape index (κ3) is 1.27. The summed E-state index contributed by atoms with van der Waals surface area (Å²) in [7, 11) is -4.25. The van der Waals surface area contributed by atoms with Gasteiger partial charge in [0.05, 0.1) is 6.20 Å². The van der Waals surface area contributed by atoms with E-state index in [0.717, 1.165) is 10.7 Å². The van der Waals surface area contributed by atoms with Gasteiger partial charge in [0.25, 0.3) is 0 Å². The van der Waals surface area contributed by atoms with E-state index in [1.807, 2.05) is 0 Å². The van der Waals surface area contributed by atoms with E-state index in [4.69, 9.17) is 4.55 Å². The zero-order valence-corrected chi connectivity index (χ0v) is 7.14. The van der Waals surface area contributed by atoms with Crippen molar-refractivity contribution in [1.29, 1.82) is 0 Å². The molecule has 6 nitrogen and oxygen atoms in total. The molecule has 1 N–H and O–H groups in total. The van der Waals surface area contributed by atoms with Crippen molar-refractivity contribution in [2.45, 2.75) is 5.03 Å². The van der Waals surface area contributed by atoms with Gasteiger partial charge in [-0.2, -0.15) is 18.0 Å². The van der Waals surface area contributed by atoms with E-state index < -0.39 is 10.1 Å². The zero-order chi connectivity index (χ0) is 9.47. The van der Waals surface area contributed by atoms with Gasteiger partial charge in [-0.3, -0.25) is 4.55 Å². The van der Waals surface area contributed by atoms with Crippen LogP contribution in [0.25, 0.3) is 5.65 Å². The maximum absolute atomic E-state index is 10.8. The Morgan fingerprint density at radius 3 is 2.92 bits per heavy atom. The molecule has 0 atom stereocenters. The van der Waals surface area contributed by atoms with Crippen LogP contribution in [-0.2, 0) is 10.1 Å². The van der Waals surface area contributed by atoms with Crippen molar-refractivity contribution < 1.29 is 13.0 Å². The predicted molar refractivity (Wildman–Crippen MR) is 42.8 cm³/mol. The van der Waals surface area contributed by atoms with Gasteiger partial charge in [0, 0.05) is 6.20 Å². The molecule has 0 radical (unpaired) electrons. The standard InChI is InChI=1S/C6H5N3O3S/c10-13(11,12)6-4-7-5-2-1-3-8-9(5)6/h1-4H,(H,10,11,12). The highest BCUT2D eigenvalue weighted by atomic mass is 32.2. The summed E-state index contributed by atoms with van der Waals surface area (Å²) in [5, 5.41) is 3.39. The van der Waals surface area contributed by atoms with E-state index in [9.17, 15) is 8.42 Å². The largest absolute Gasteiger partial charge is 0.313 e. The topological polar surface area (TPSA) is 84.6 Å². The van der Waals surface area contributed by atoms with Crippen LogP contribution in [0.5, 0.6) is 0 Å². The minimum absolute atomic E-state index is 0.330. The van der Waals surface area contributed by atoms with Crippen molar-refractivity contribution in [2.24, 2.45) is 0 Å². The Balaban J connectivity index is 2.87. The van der Waals surface area contributed by atoms with Crippen LogP contribution in [-0.4, -0.2) is 27.6 Å². The lowest BCUT2D eigenvalue weighted by Gasteiger charge is -1.94. The molecule has 0 aliphatic rings. The summed E-state index contributed by atoms with van der Waals surface area (Å²) < 4.78 is 31.3. The quantitative estimate of drug-likeness (QED) is 0.652. The van der Waals surface area contributed by atoms with E-state index in [0.29, 0.717) is 5.65 Å². The molecule has 0 saturated heterocycles. The monoisotopic (exact) mass is 199 g/mol. The minimum atomic E-state index is -4.25. The van der Waals surface area contributed by atoms with Gasteiger partial charge in [-0.15, -0.1) is 0 Å². The van der Waals surface area contributed by atoms with Gasteiger partial charge < -0.3 is 0 Å². The van der Waals surface area contributed by atoms with Crippen molar-refractivity contribution in [1.82, 2.24) is 14.6 Å². The van der Waals surface area contributed by atoms with Gasteiger partial charge in [0.1, 0.15) is 0 Å². The summed E-state index contributed by atoms with van der Waals surface area (Å²) in [6.45, 7) is 0. The number of nitrogens with zero attached hydrogens (tertiary/aromatic N) is 3. The van der Waals surface area contributed by atoms with Crippen LogP contribution >= 0.6 is 0 Å². The number of imidazole rings is 1.